The van der Waals surface area contributed by atoms with E-state index in [9.17, 15) is 9.59 Å². The highest BCUT2D eigenvalue weighted by Crippen LogP contribution is 2.17. The van der Waals surface area contributed by atoms with Crippen molar-refractivity contribution in [3.05, 3.63) is 0 Å². The fourth-order valence-corrected chi connectivity index (χ4v) is 1.95. The van der Waals surface area contributed by atoms with E-state index < -0.39 is 17.8 Å². The number of likely N-dealkylation sites (tertiary alicyclic amines) is 1. The molecule has 1 aliphatic rings. The first-order valence-electron chi connectivity index (χ1n) is 6.70. The summed E-state index contributed by atoms with van der Waals surface area (Å²) in [5.41, 5.74) is -0.549. The molecule has 2 atom stereocenters. The number of amides is 2. The summed E-state index contributed by atoms with van der Waals surface area (Å²) < 4.78 is 15.4. The first-order chi connectivity index (χ1) is 9.26. The zero-order valence-corrected chi connectivity index (χ0v) is 12.8. The van der Waals surface area contributed by atoms with Crippen LogP contribution in [-0.2, 0) is 14.2 Å². The molecule has 1 heterocycles. The van der Waals surface area contributed by atoms with Crippen molar-refractivity contribution in [2.75, 3.05) is 26.8 Å². The van der Waals surface area contributed by atoms with Crippen LogP contribution < -0.4 is 5.32 Å². The van der Waals surface area contributed by atoms with E-state index in [-0.39, 0.29) is 12.1 Å². The van der Waals surface area contributed by atoms with Crippen molar-refractivity contribution in [2.24, 2.45) is 0 Å². The van der Waals surface area contributed by atoms with Crippen LogP contribution in [0.1, 0.15) is 27.7 Å². The third-order valence-corrected chi connectivity index (χ3v) is 2.80. The van der Waals surface area contributed by atoms with Crippen LogP contribution >= 0.6 is 0 Å². The molecule has 1 saturated heterocycles. The number of alkyl carbamates (subject to hydrolysis) is 1. The Labute approximate surface area is 119 Å². The van der Waals surface area contributed by atoms with Gasteiger partial charge in [0.2, 0.25) is 0 Å². The topological polar surface area (TPSA) is 77.1 Å². The van der Waals surface area contributed by atoms with Crippen molar-refractivity contribution >= 4 is 12.2 Å². The van der Waals surface area contributed by atoms with Gasteiger partial charge in [-0.25, -0.2) is 9.59 Å². The lowest BCUT2D eigenvalue weighted by molar-refractivity contribution is 0.0252. The van der Waals surface area contributed by atoms with Gasteiger partial charge in [0.05, 0.1) is 25.3 Å². The summed E-state index contributed by atoms with van der Waals surface area (Å²) in [4.78, 5) is 25.0. The third kappa shape index (κ3) is 4.88. The molecule has 0 spiro atoms. The monoisotopic (exact) mass is 288 g/mol. The fourth-order valence-electron chi connectivity index (χ4n) is 1.95. The number of methoxy groups -OCH3 is 1. The molecule has 0 radical (unpaired) electrons. The van der Waals surface area contributed by atoms with Crippen LogP contribution in [0.2, 0.25) is 0 Å². The highest BCUT2D eigenvalue weighted by atomic mass is 16.6. The maximum Gasteiger partial charge on any atom is 0.410 e. The fraction of sp³-hybridized carbons (Fsp3) is 0.846. The van der Waals surface area contributed by atoms with Gasteiger partial charge < -0.3 is 24.4 Å². The van der Waals surface area contributed by atoms with Crippen molar-refractivity contribution in [1.82, 2.24) is 10.2 Å². The lowest BCUT2D eigenvalue weighted by atomic mass is 10.2. The molecule has 1 fully saturated rings. The molecule has 116 valence electrons. The highest BCUT2D eigenvalue weighted by molar-refractivity contribution is 5.70. The van der Waals surface area contributed by atoms with E-state index in [1.165, 1.54) is 4.90 Å². The van der Waals surface area contributed by atoms with E-state index in [2.05, 4.69) is 5.32 Å². The van der Waals surface area contributed by atoms with Gasteiger partial charge in [0.25, 0.3) is 0 Å². The number of carbonyl (C=O) groups is 2. The average molecular weight is 288 g/mol. The van der Waals surface area contributed by atoms with E-state index in [1.807, 2.05) is 20.8 Å². The van der Waals surface area contributed by atoms with Crippen LogP contribution in [0.5, 0.6) is 0 Å². The summed E-state index contributed by atoms with van der Waals surface area (Å²) in [6.45, 7) is 8.17. The Morgan fingerprint density at radius 3 is 2.45 bits per heavy atom. The second kappa shape index (κ2) is 6.78. The maximum atomic E-state index is 12.0. The van der Waals surface area contributed by atoms with Crippen molar-refractivity contribution in [1.29, 1.82) is 0 Å². The molecule has 0 aromatic rings. The van der Waals surface area contributed by atoms with Crippen molar-refractivity contribution in [3.8, 4) is 0 Å². The molecule has 0 bridgehead atoms. The van der Waals surface area contributed by atoms with E-state index in [0.29, 0.717) is 19.7 Å². The Balaban J connectivity index is 2.58. The SMILES string of the molecule is CCOC(=O)N[C@H]1CN(C(=O)OC(C)(C)C)C[C@@H]1OC. The lowest BCUT2D eigenvalue weighted by Gasteiger charge is -2.24. The molecule has 20 heavy (non-hydrogen) atoms. The molecule has 1 N–H and O–H groups in total. The molecule has 2 amide bonds. The van der Waals surface area contributed by atoms with Crippen LogP contribution in [0.25, 0.3) is 0 Å². The smallest absolute Gasteiger partial charge is 0.410 e. The Hall–Kier alpha value is -1.50. The second-order valence-corrected chi connectivity index (χ2v) is 5.63. The third-order valence-electron chi connectivity index (χ3n) is 2.80. The van der Waals surface area contributed by atoms with Gasteiger partial charge in [-0.3, -0.25) is 0 Å². The number of hydrogen-bond acceptors (Lipinski definition) is 5. The van der Waals surface area contributed by atoms with Gasteiger partial charge in [-0.05, 0) is 27.7 Å². The van der Waals surface area contributed by atoms with E-state index in [0.717, 1.165) is 0 Å². The Morgan fingerprint density at radius 1 is 1.30 bits per heavy atom. The van der Waals surface area contributed by atoms with Crippen LogP contribution in [-0.4, -0.2) is 61.6 Å². The summed E-state index contributed by atoms with van der Waals surface area (Å²) in [5.74, 6) is 0. The number of rotatable bonds is 3. The minimum Gasteiger partial charge on any atom is -0.450 e. The zero-order valence-electron chi connectivity index (χ0n) is 12.8. The van der Waals surface area contributed by atoms with E-state index in [1.54, 1.807) is 14.0 Å². The van der Waals surface area contributed by atoms with Gasteiger partial charge in [-0.15, -0.1) is 0 Å². The number of ether oxygens (including phenoxy) is 3. The number of carbonyl (C=O) groups excluding carboxylic acids is 2. The van der Waals surface area contributed by atoms with Crippen LogP contribution in [0, 0.1) is 0 Å². The Morgan fingerprint density at radius 2 is 1.95 bits per heavy atom. The van der Waals surface area contributed by atoms with E-state index >= 15 is 0 Å². The number of hydrogen-bond donors (Lipinski definition) is 1. The first-order valence-corrected chi connectivity index (χ1v) is 6.70. The van der Waals surface area contributed by atoms with Gasteiger partial charge in [-0.1, -0.05) is 0 Å². The average Bonchev–Trinajstić information content (AvgIpc) is 2.70. The van der Waals surface area contributed by atoms with Crippen LogP contribution in [0.15, 0.2) is 0 Å². The quantitative estimate of drug-likeness (QED) is 0.848. The molecule has 0 aromatic carbocycles. The molecule has 0 saturated carbocycles. The van der Waals surface area contributed by atoms with Gasteiger partial charge in [0, 0.05) is 13.7 Å². The summed E-state index contributed by atoms with van der Waals surface area (Å²) >= 11 is 0. The Kier molecular flexibility index (Phi) is 5.62. The predicted octanol–water partition coefficient (Wildman–Crippen LogP) is 1.37. The van der Waals surface area contributed by atoms with Crippen LogP contribution in [0.4, 0.5) is 9.59 Å². The summed E-state index contributed by atoms with van der Waals surface area (Å²) in [6.07, 6.45) is -1.19. The standard InChI is InChI=1S/C13H24N2O5/c1-6-19-11(16)14-9-7-15(8-10(9)18-5)12(17)20-13(2,3)4/h9-10H,6-8H2,1-5H3,(H,14,16)/t9-,10-/m0/s1. The molecule has 1 rings (SSSR count). The second-order valence-electron chi connectivity index (χ2n) is 5.63. The molecular weight excluding hydrogens is 264 g/mol. The van der Waals surface area contributed by atoms with Crippen molar-refractivity contribution < 1.29 is 23.8 Å². The first kappa shape index (κ1) is 16.6. The minimum absolute atomic E-state index is 0.271. The molecule has 1 aliphatic heterocycles. The highest BCUT2D eigenvalue weighted by Gasteiger charge is 2.38. The largest absolute Gasteiger partial charge is 0.450 e. The van der Waals surface area contributed by atoms with E-state index in [4.69, 9.17) is 14.2 Å². The van der Waals surface area contributed by atoms with Gasteiger partial charge in [0.1, 0.15) is 5.60 Å². The molecule has 0 unspecified atom stereocenters. The normalized spacial score (nSPS) is 22.6. The summed E-state index contributed by atoms with van der Waals surface area (Å²) in [5, 5.41) is 2.69. The Bertz CT molecular complexity index is 353. The van der Waals surface area contributed by atoms with Gasteiger partial charge >= 0.3 is 12.2 Å². The maximum absolute atomic E-state index is 12.0. The zero-order chi connectivity index (χ0) is 15.3. The predicted molar refractivity (Wildman–Crippen MR) is 72.5 cm³/mol. The molecule has 0 aromatic heterocycles. The molecule has 0 aliphatic carbocycles. The summed E-state index contributed by atoms with van der Waals surface area (Å²) in [7, 11) is 1.54. The lowest BCUT2D eigenvalue weighted by Crippen LogP contribution is -2.44. The van der Waals surface area contributed by atoms with Crippen molar-refractivity contribution in [2.45, 2.75) is 45.4 Å². The number of nitrogens with one attached hydrogen (secondary N) is 1. The summed E-state index contributed by atoms with van der Waals surface area (Å²) in [6, 6.07) is -0.299. The minimum atomic E-state index is -0.549. The molecule has 7 heteroatoms. The molecule has 7 nitrogen and oxygen atoms in total. The van der Waals surface area contributed by atoms with Crippen LogP contribution in [0.3, 0.4) is 0 Å². The van der Waals surface area contributed by atoms with Crippen molar-refractivity contribution in [3.63, 3.8) is 0 Å². The van der Waals surface area contributed by atoms with Gasteiger partial charge in [0.15, 0.2) is 0 Å². The molecular formula is C13H24N2O5. The number of nitrogens with zero attached hydrogens (tertiary/aromatic N) is 1. The van der Waals surface area contributed by atoms with Gasteiger partial charge in [-0.2, -0.15) is 0 Å².